The molecule has 3 aromatic rings. The Labute approximate surface area is 186 Å². The quantitative estimate of drug-likeness (QED) is 0.486. The van der Waals surface area contributed by atoms with Crippen molar-refractivity contribution in [3.8, 4) is 11.3 Å². The number of benzene rings is 1. The molecule has 1 amide bonds. The normalized spacial score (nSPS) is 19.3. The minimum Gasteiger partial charge on any atom is -0.465 e. The number of H-pyrrole nitrogens is 1. The summed E-state index contributed by atoms with van der Waals surface area (Å²) in [5.41, 5.74) is 13.8. The van der Waals surface area contributed by atoms with Gasteiger partial charge in [0.25, 0.3) is 0 Å². The van der Waals surface area contributed by atoms with Gasteiger partial charge in [-0.1, -0.05) is 6.07 Å². The number of fused-ring (bicyclic) bond motifs is 1. The van der Waals surface area contributed by atoms with Gasteiger partial charge in [-0.2, -0.15) is 10.1 Å². The molecule has 2 aromatic heterocycles. The largest absolute Gasteiger partial charge is 0.465 e. The van der Waals surface area contributed by atoms with E-state index in [1.165, 1.54) is 0 Å². The maximum absolute atomic E-state index is 12.0. The van der Waals surface area contributed by atoms with Crippen molar-refractivity contribution in [3.05, 3.63) is 24.3 Å². The monoisotopic (exact) mass is 438 g/mol. The molecule has 10 heteroatoms. The lowest BCUT2D eigenvalue weighted by Gasteiger charge is -2.46. The maximum Gasteiger partial charge on any atom is 0.408 e. The molecule has 0 radical (unpaired) electrons. The number of hydrogen-bond donors (Lipinski definition) is 4. The number of carboxylic acid groups (broad SMARTS) is 1. The third kappa shape index (κ3) is 4.00. The van der Waals surface area contributed by atoms with E-state index in [0.717, 1.165) is 29.3 Å². The number of nitrogens with one attached hydrogen (secondary N) is 1. The molecule has 170 valence electrons. The zero-order chi connectivity index (χ0) is 23.2. The Morgan fingerprint density at radius 2 is 1.97 bits per heavy atom. The van der Waals surface area contributed by atoms with Crippen LogP contribution in [0.2, 0.25) is 0 Å². The summed E-state index contributed by atoms with van der Waals surface area (Å²) in [6, 6.07) is 7.70. The van der Waals surface area contributed by atoms with Crippen LogP contribution in [0.15, 0.2) is 24.3 Å². The lowest BCUT2D eigenvalue weighted by atomic mass is 9.94. The Balaban J connectivity index is 1.69. The van der Waals surface area contributed by atoms with E-state index in [4.69, 9.17) is 11.5 Å². The molecule has 0 spiro atoms. The van der Waals surface area contributed by atoms with Crippen LogP contribution in [0.1, 0.15) is 40.5 Å². The van der Waals surface area contributed by atoms with Gasteiger partial charge in [0.2, 0.25) is 5.95 Å². The average molecular weight is 439 g/mol. The number of amides is 1. The van der Waals surface area contributed by atoms with Gasteiger partial charge >= 0.3 is 6.09 Å². The Bertz CT molecular complexity index is 1150. The number of aromatic nitrogens is 4. The topological polar surface area (TPSA) is 150 Å². The SMILES string of the molecule is C[C@H]1CC[C@@H](N(C(=O)O)C(C)(C)C)CN1c1cc(-c2ccc3c(N)n[nH]c3c2)nc(N)n1. The van der Waals surface area contributed by atoms with Gasteiger partial charge in [-0.3, -0.25) is 10.00 Å². The van der Waals surface area contributed by atoms with Crippen LogP contribution in [0.5, 0.6) is 0 Å². The second-order valence-corrected chi connectivity index (χ2v) is 9.39. The van der Waals surface area contributed by atoms with Gasteiger partial charge in [-0.05, 0) is 52.7 Å². The predicted octanol–water partition coefficient (Wildman–Crippen LogP) is 3.32. The predicted molar refractivity (Wildman–Crippen MR) is 125 cm³/mol. The maximum atomic E-state index is 12.0. The summed E-state index contributed by atoms with van der Waals surface area (Å²) in [6.07, 6.45) is 0.738. The van der Waals surface area contributed by atoms with Gasteiger partial charge in [-0.15, -0.1) is 0 Å². The van der Waals surface area contributed by atoms with E-state index in [1.54, 1.807) is 4.90 Å². The van der Waals surface area contributed by atoms with E-state index in [0.29, 0.717) is 23.9 Å². The number of anilines is 3. The zero-order valence-electron chi connectivity index (χ0n) is 18.8. The second kappa shape index (κ2) is 7.85. The number of nitrogen functional groups attached to an aromatic ring is 2. The third-order valence-corrected chi connectivity index (χ3v) is 6.06. The number of nitrogens with zero attached hydrogens (tertiary/aromatic N) is 5. The van der Waals surface area contributed by atoms with Crippen LogP contribution >= 0.6 is 0 Å². The summed E-state index contributed by atoms with van der Waals surface area (Å²) >= 11 is 0. The zero-order valence-corrected chi connectivity index (χ0v) is 18.8. The molecule has 1 aromatic carbocycles. The molecule has 4 rings (SSSR count). The van der Waals surface area contributed by atoms with Crippen LogP contribution in [-0.2, 0) is 0 Å². The Morgan fingerprint density at radius 3 is 2.66 bits per heavy atom. The van der Waals surface area contributed by atoms with Crippen LogP contribution in [0.4, 0.5) is 22.4 Å². The van der Waals surface area contributed by atoms with E-state index in [2.05, 4.69) is 32.0 Å². The van der Waals surface area contributed by atoms with Crippen molar-refractivity contribution in [2.24, 2.45) is 0 Å². The molecular weight excluding hydrogens is 408 g/mol. The molecule has 1 aliphatic heterocycles. The molecule has 1 saturated heterocycles. The first kappa shape index (κ1) is 21.7. The Morgan fingerprint density at radius 1 is 1.22 bits per heavy atom. The summed E-state index contributed by atoms with van der Waals surface area (Å²) in [5.74, 6) is 1.31. The van der Waals surface area contributed by atoms with Gasteiger partial charge in [0, 0.05) is 35.1 Å². The van der Waals surface area contributed by atoms with Gasteiger partial charge in [0.1, 0.15) is 5.82 Å². The molecule has 0 saturated carbocycles. The number of aromatic amines is 1. The van der Waals surface area contributed by atoms with E-state index < -0.39 is 11.6 Å². The number of piperidine rings is 1. The Kier molecular flexibility index (Phi) is 5.31. The fourth-order valence-electron chi connectivity index (χ4n) is 4.56. The van der Waals surface area contributed by atoms with Gasteiger partial charge < -0.3 is 21.5 Å². The highest BCUT2D eigenvalue weighted by atomic mass is 16.4. The molecule has 2 atom stereocenters. The highest BCUT2D eigenvalue weighted by molar-refractivity contribution is 5.91. The van der Waals surface area contributed by atoms with E-state index in [-0.39, 0.29) is 18.0 Å². The number of hydrogen-bond acceptors (Lipinski definition) is 7. The number of rotatable bonds is 3. The highest BCUT2D eigenvalue weighted by Gasteiger charge is 2.38. The summed E-state index contributed by atoms with van der Waals surface area (Å²) in [5, 5.41) is 17.7. The number of nitrogens with two attached hydrogens (primary N) is 2. The Hall–Kier alpha value is -3.56. The van der Waals surface area contributed by atoms with Crippen molar-refractivity contribution in [1.29, 1.82) is 0 Å². The summed E-state index contributed by atoms with van der Waals surface area (Å²) in [6.45, 7) is 8.42. The van der Waals surface area contributed by atoms with E-state index in [9.17, 15) is 9.90 Å². The summed E-state index contributed by atoms with van der Waals surface area (Å²) in [7, 11) is 0. The lowest BCUT2D eigenvalue weighted by Crippen LogP contribution is -2.58. The molecule has 3 heterocycles. The first-order valence-electron chi connectivity index (χ1n) is 10.7. The van der Waals surface area contributed by atoms with Crippen LogP contribution < -0.4 is 16.4 Å². The molecule has 0 bridgehead atoms. The molecule has 32 heavy (non-hydrogen) atoms. The van der Waals surface area contributed by atoms with Crippen LogP contribution in [0.3, 0.4) is 0 Å². The minimum atomic E-state index is -0.910. The smallest absolute Gasteiger partial charge is 0.408 e. The summed E-state index contributed by atoms with van der Waals surface area (Å²) in [4.78, 5) is 24.6. The van der Waals surface area contributed by atoms with Gasteiger partial charge in [0.15, 0.2) is 5.82 Å². The molecule has 1 fully saturated rings. The van der Waals surface area contributed by atoms with Gasteiger partial charge in [0.05, 0.1) is 17.3 Å². The third-order valence-electron chi connectivity index (χ3n) is 6.06. The van der Waals surface area contributed by atoms with E-state index >= 15 is 0 Å². The summed E-state index contributed by atoms with van der Waals surface area (Å²) < 4.78 is 0. The highest BCUT2D eigenvalue weighted by Crippen LogP contribution is 2.32. The lowest BCUT2D eigenvalue weighted by molar-refractivity contribution is 0.0621. The molecule has 1 aliphatic rings. The standard InChI is InChI=1S/C22H30N8O2/c1-12-5-7-14(30(21(31)32)22(2,3)4)11-29(12)18-10-16(25-20(24)26-18)13-6-8-15-17(9-13)27-28-19(15)23/h6,8-10,12,14H,5,7,11H2,1-4H3,(H,31,32)(H3,23,27,28)(H2,24,25,26)/t12-,14+/m0/s1. The fraction of sp³-hybridized carbons (Fsp3) is 0.455. The molecule has 0 unspecified atom stereocenters. The van der Waals surface area contributed by atoms with Crippen molar-refractivity contribution < 1.29 is 9.90 Å². The number of carbonyl (C=O) groups is 1. The minimum absolute atomic E-state index is 0.146. The second-order valence-electron chi connectivity index (χ2n) is 9.39. The van der Waals surface area contributed by atoms with Crippen LogP contribution in [0, 0.1) is 0 Å². The first-order chi connectivity index (χ1) is 15.0. The van der Waals surface area contributed by atoms with Crippen molar-refractivity contribution in [2.75, 3.05) is 22.9 Å². The fourth-order valence-corrected chi connectivity index (χ4v) is 4.56. The van der Waals surface area contributed by atoms with Crippen LogP contribution in [0.25, 0.3) is 22.2 Å². The van der Waals surface area contributed by atoms with Gasteiger partial charge in [-0.25, -0.2) is 9.78 Å². The van der Waals surface area contributed by atoms with Crippen molar-refractivity contribution in [1.82, 2.24) is 25.1 Å². The average Bonchev–Trinajstić information content (AvgIpc) is 3.08. The van der Waals surface area contributed by atoms with Crippen molar-refractivity contribution in [2.45, 2.75) is 58.2 Å². The van der Waals surface area contributed by atoms with Crippen LogP contribution in [-0.4, -0.2) is 60.4 Å². The van der Waals surface area contributed by atoms with E-state index in [1.807, 2.05) is 45.0 Å². The molecule has 10 nitrogen and oxygen atoms in total. The molecular formula is C22H30N8O2. The molecule has 0 aliphatic carbocycles. The van der Waals surface area contributed by atoms with Crippen molar-refractivity contribution >= 4 is 34.6 Å². The van der Waals surface area contributed by atoms with Crippen molar-refractivity contribution in [3.63, 3.8) is 0 Å². The first-order valence-corrected chi connectivity index (χ1v) is 10.7. The molecule has 6 N–H and O–H groups in total.